The van der Waals surface area contributed by atoms with Gasteiger partial charge < -0.3 is 0 Å². The van der Waals surface area contributed by atoms with Crippen LogP contribution in [0.25, 0.3) is 0 Å². The van der Waals surface area contributed by atoms with Crippen molar-refractivity contribution in [1.82, 2.24) is 0 Å². The normalized spacial score (nSPS) is 11.1. The van der Waals surface area contributed by atoms with Gasteiger partial charge >= 0.3 is 7.68 Å². The van der Waals surface area contributed by atoms with Crippen molar-refractivity contribution in [3.8, 4) is 0 Å². The van der Waals surface area contributed by atoms with Gasteiger partial charge in [-0.25, -0.2) is 9.13 Å². The molecule has 0 heterocycles. The Morgan fingerprint density at radius 3 is 1.41 bits per heavy atom. The summed E-state index contributed by atoms with van der Waals surface area (Å²) in [4.78, 5) is 0. The van der Waals surface area contributed by atoms with Gasteiger partial charge in [-0.2, -0.15) is 0 Å². The van der Waals surface area contributed by atoms with Gasteiger partial charge in [-0.05, 0) is 18.1 Å². The molecule has 3 heteroatoms. The summed E-state index contributed by atoms with van der Waals surface area (Å²) in [5.41, 5.74) is 1.59. The summed E-state index contributed by atoms with van der Waals surface area (Å²) in [6.45, 7) is 1.74. The second kappa shape index (κ2) is 4.68. The third kappa shape index (κ3) is 2.09. The third-order valence-electron chi connectivity index (χ3n) is 3.04. The van der Waals surface area contributed by atoms with Crippen molar-refractivity contribution in [2.75, 3.05) is 0 Å². The highest BCUT2D eigenvalue weighted by Gasteiger charge is 2.34. The molecule has 0 atom stereocenters. The SMILES string of the molecule is CC(c1ccccc1)(c1ccccc1)P(=O)=O. The van der Waals surface area contributed by atoms with Crippen LogP contribution < -0.4 is 0 Å². The first-order valence-electron chi connectivity index (χ1n) is 5.41. The van der Waals surface area contributed by atoms with Gasteiger partial charge in [-0.3, -0.25) is 0 Å². The summed E-state index contributed by atoms with van der Waals surface area (Å²) in [6.07, 6.45) is 0. The van der Waals surface area contributed by atoms with Gasteiger partial charge in [-0.1, -0.05) is 60.7 Å². The van der Waals surface area contributed by atoms with E-state index in [2.05, 4.69) is 0 Å². The molecule has 0 aliphatic rings. The highest BCUT2D eigenvalue weighted by molar-refractivity contribution is 7.32. The molecule has 2 nitrogen and oxygen atoms in total. The summed E-state index contributed by atoms with van der Waals surface area (Å²) >= 11 is 0. The maximum Gasteiger partial charge on any atom is 0.330 e. The first-order valence-corrected chi connectivity index (χ1v) is 6.59. The second-order valence-electron chi connectivity index (χ2n) is 4.06. The Morgan fingerprint density at radius 1 is 0.765 bits per heavy atom. The molecule has 0 bridgehead atoms. The summed E-state index contributed by atoms with van der Waals surface area (Å²) in [6, 6.07) is 18.6. The van der Waals surface area contributed by atoms with Crippen LogP contribution in [-0.2, 0) is 14.3 Å². The molecule has 0 N–H and O–H groups in total. The van der Waals surface area contributed by atoms with Crippen LogP contribution in [0.1, 0.15) is 18.1 Å². The van der Waals surface area contributed by atoms with Crippen LogP contribution >= 0.6 is 7.68 Å². The van der Waals surface area contributed by atoms with Crippen LogP contribution in [0.2, 0.25) is 0 Å². The molecule has 0 unspecified atom stereocenters. The van der Waals surface area contributed by atoms with E-state index in [4.69, 9.17) is 0 Å². The van der Waals surface area contributed by atoms with E-state index in [0.29, 0.717) is 0 Å². The lowest BCUT2D eigenvalue weighted by Gasteiger charge is -2.22. The monoisotopic (exact) mass is 244 g/mol. The summed E-state index contributed by atoms with van der Waals surface area (Å²) in [5, 5.41) is -0.960. The number of hydrogen-bond donors (Lipinski definition) is 0. The van der Waals surface area contributed by atoms with E-state index in [-0.39, 0.29) is 0 Å². The maximum atomic E-state index is 11.7. The number of hydrogen-bond acceptors (Lipinski definition) is 2. The van der Waals surface area contributed by atoms with Crippen LogP contribution in [-0.4, -0.2) is 0 Å². The Bertz CT molecular complexity index is 512. The Labute approximate surface area is 101 Å². The van der Waals surface area contributed by atoms with Crippen molar-refractivity contribution in [2.45, 2.75) is 12.1 Å². The van der Waals surface area contributed by atoms with Crippen molar-refractivity contribution in [1.29, 1.82) is 0 Å². The molecule has 17 heavy (non-hydrogen) atoms. The predicted octanol–water partition coefficient (Wildman–Crippen LogP) is 4.12. The van der Waals surface area contributed by atoms with E-state index in [0.717, 1.165) is 11.1 Å². The molecule has 2 aromatic rings. The largest absolute Gasteiger partial charge is 0.330 e. The molecule has 0 saturated carbocycles. The highest BCUT2D eigenvalue weighted by atomic mass is 31.1. The molecule has 0 aromatic heterocycles. The van der Waals surface area contributed by atoms with Gasteiger partial charge in [0.25, 0.3) is 0 Å². The zero-order valence-electron chi connectivity index (χ0n) is 9.54. The van der Waals surface area contributed by atoms with E-state index in [1.54, 1.807) is 6.92 Å². The van der Waals surface area contributed by atoms with Gasteiger partial charge in [-0.15, -0.1) is 0 Å². The minimum Gasteiger partial charge on any atom is -0.236 e. The van der Waals surface area contributed by atoms with Gasteiger partial charge in [0.1, 0.15) is 5.16 Å². The van der Waals surface area contributed by atoms with Gasteiger partial charge in [0, 0.05) is 0 Å². The van der Waals surface area contributed by atoms with Crippen LogP contribution in [0.15, 0.2) is 60.7 Å². The molecule has 0 fully saturated rings. The minimum absolute atomic E-state index is 0.794. The third-order valence-corrected chi connectivity index (χ3v) is 4.28. The Balaban J connectivity index is 2.64. The minimum atomic E-state index is -2.60. The summed E-state index contributed by atoms with van der Waals surface area (Å²) in [5.74, 6) is 0. The molecular weight excluding hydrogens is 231 g/mol. The molecule has 2 aromatic carbocycles. The van der Waals surface area contributed by atoms with Crippen molar-refractivity contribution in [3.05, 3.63) is 71.8 Å². The average Bonchev–Trinajstić information content (AvgIpc) is 2.39. The van der Waals surface area contributed by atoms with E-state index < -0.39 is 12.8 Å². The molecule has 0 amide bonds. The lowest BCUT2D eigenvalue weighted by molar-refractivity contribution is 0.494. The zero-order valence-corrected chi connectivity index (χ0v) is 10.4. The average molecular weight is 244 g/mol. The van der Waals surface area contributed by atoms with Gasteiger partial charge in [0.05, 0.1) is 0 Å². The summed E-state index contributed by atoms with van der Waals surface area (Å²) in [7, 11) is -2.60. The fourth-order valence-corrected chi connectivity index (χ4v) is 2.62. The fraction of sp³-hybridized carbons (Fsp3) is 0.143. The van der Waals surface area contributed by atoms with E-state index in [1.807, 2.05) is 60.7 Å². The zero-order chi connectivity index (χ0) is 12.3. The van der Waals surface area contributed by atoms with Crippen molar-refractivity contribution >= 4 is 7.68 Å². The van der Waals surface area contributed by atoms with E-state index >= 15 is 0 Å². The molecule has 0 aliphatic heterocycles. The van der Waals surface area contributed by atoms with Crippen molar-refractivity contribution < 1.29 is 9.13 Å². The lowest BCUT2D eigenvalue weighted by Crippen LogP contribution is -2.16. The topological polar surface area (TPSA) is 34.1 Å². The second-order valence-corrected chi connectivity index (χ2v) is 5.47. The van der Waals surface area contributed by atoms with Gasteiger partial charge in [0.2, 0.25) is 0 Å². The van der Waals surface area contributed by atoms with Crippen LogP contribution in [0, 0.1) is 0 Å². The molecule has 0 aliphatic carbocycles. The highest BCUT2D eigenvalue weighted by Crippen LogP contribution is 2.44. The standard InChI is InChI=1S/C14H13O2P/c1-14(17(15)16,12-8-4-2-5-9-12)13-10-6-3-7-11-13/h2-11H,1H3. The molecule has 86 valence electrons. The molecule has 2 rings (SSSR count). The van der Waals surface area contributed by atoms with Crippen molar-refractivity contribution in [3.63, 3.8) is 0 Å². The predicted molar refractivity (Wildman–Crippen MR) is 67.6 cm³/mol. The molecule has 0 spiro atoms. The van der Waals surface area contributed by atoms with Gasteiger partial charge in [0.15, 0.2) is 0 Å². The van der Waals surface area contributed by atoms with E-state index in [1.165, 1.54) is 0 Å². The number of benzene rings is 2. The fourth-order valence-electron chi connectivity index (χ4n) is 1.90. The summed E-state index contributed by atoms with van der Waals surface area (Å²) < 4.78 is 23.3. The molecular formula is C14H13O2P. The lowest BCUT2D eigenvalue weighted by atomic mass is 9.92. The Kier molecular flexibility index (Phi) is 3.26. The molecule has 0 radical (unpaired) electrons. The van der Waals surface area contributed by atoms with Crippen molar-refractivity contribution in [2.24, 2.45) is 0 Å². The Morgan fingerprint density at radius 2 is 1.12 bits per heavy atom. The maximum absolute atomic E-state index is 11.7. The van der Waals surface area contributed by atoms with Crippen LogP contribution in [0.4, 0.5) is 0 Å². The number of rotatable bonds is 3. The van der Waals surface area contributed by atoms with E-state index in [9.17, 15) is 9.13 Å². The first-order chi connectivity index (χ1) is 8.15. The first kappa shape index (κ1) is 11.8. The quantitative estimate of drug-likeness (QED) is 0.761. The Hall–Kier alpha value is -1.66. The smallest absolute Gasteiger partial charge is 0.236 e. The van der Waals surface area contributed by atoms with Crippen LogP contribution in [0.5, 0.6) is 0 Å². The molecule has 0 saturated heterocycles. The van der Waals surface area contributed by atoms with Crippen LogP contribution in [0.3, 0.4) is 0 Å².